The first-order valence-corrected chi connectivity index (χ1v) is 7.59. The van der Waals surface area contributed by atoms with E-state index < -0.39 is 0 Å². The molecule has 0 aliphatic heterocycles. The van der Waals surface area contributed by atoms with Crippen molar-refractivity contribution < 1.29 is 14.3 Å². The van der Waals surface area contributed by atoms with Gasteiger partial charge in [-0.25, -0.2) is 0 Å². The van der Waals surface area contributed by atoms with Crippen molar-refractivity contribution in [2.45, 2.75) is 33.1 Å². The lowest BCUT2D eigenvalue weighted by Gasteiger charge is -2.08. The van der Waals surface area contributed by atoms with Crippen LogP contribution in [0.4, 0.5) is 0 Å². The Bertz CT molecular complexity index is 401. The number of nitrogens with one attached hydrogen (secondary N) is 1. The standard InChI is InChI=1S/C17H27NO3/c1-14(2)13-21-12-4-11-18-17(19)10-7-15-5-8-16(20-3)9-6-15/h5-6,8-9,14H,4,7,10-13H2,1-3H3,(H,18,19). The maximum atomic E-state index is 11.7. The normalized spacial score (nSPS) is 10.7. The summed E-state index contributed by atoms with van der Waals surface area (Å²) >= 11 is 0. The molecule has 21 heavy (non-hydrogen) atoms. The fourth-order valence-electron chi connectivity index (χ4n) is 1.86. The molecule has 0 heterocycles. The third-order valence-corrected chi connectivity index (χ3v) is 3.04. The number of hydrogen-bond donors (Lipinski definition) is 1. The van der Waals surface area contributed by atoms with E-state index in [4.69, 9.17) is 9.47 Å². The van der Waals surface area contributed by atoms with E-state index in [1.54, 1.807) is 7.11 Å². The molecule has 0 aliphatic carbocycles. The molecule has 0 aromatic heterocycles. The van der Waals surface area contributed by atoms with Gasteiger partial charge in [0.25, 0.3) is 0 Å². The van der Waals surface area contributed by atoms with E-state index in [2.05, 4.69) is 19.2 Å². The Morgan fingerprint density at radius 2 is 1.95 bits per heavy atom. The van der Waals surface area contributed by atoms with Crippen LogP contribution in [0.2, 0.25) is 0 Å². The van der Waals surface area contributed by atoms with Crippen molar-refractivity contribution in [3.8, 4) is 5.75 Å². The van der Waals surface area contributed by atoms with Gasteiger partial charge in [0, 0.05) is 26.2 Å². The highest BCUT2D eigenvalue weighted by molar-refractivity contribution is 5.76. The summed E-state index contributed by atoms with van der Waals surface area (Å²) in [7, 11) is 1.65. The van der Waals surface area contributed by atoms with Crippen LogP contribution in [0.15, 0.2) is 24.3 Å². The molecule has 1 aromatic rings. The first-order valence-electron chi connectivity index (χ1n) is 7.59. The van der Waals surface area contributed by atoms with Gasteiger partial charge in [-0.3, -0.25) is 4.79 Å². The van der Waals surface area contributed by atoms with Crippen LogP contribution < -0.4 is 10.1 Å². The number of aryl methyl sites for hydroxylation is 1. The lowest BCUT2D eigenvalue weighted by molar-refractivity contribution is -0.121. The lowest BCUT2D eigenvalue weighted by Crippen LogP contribution is -2.25. The smallest absolute Gasteiger partial charge is 0.220 e. The van der Waals surface area contributed by atoms with E-state index in [1.807, 2.05) is 24.3 Å². The Morgan fingerprint density at radius 3 is 2.57 bits per heavy atom. The molecule has 0 saturated heterocycles. The highest BCUT2D eigenvalue weighted by Gasteiger charge is 2.02. The fourth-order valence-corrected chi connectivity index (χ4v) is 1.86. The second-order valence-corrected chi connectivity index (χ2v) is 5.52. The molecular formula is C17H27NO3. The number of hydrogen-bond acceptors (Lipinski definition) is 3. The predicted octanol–water partition coefficient (Wildman–Crippen LogP) is 2.81. The minimum absolute atomic E-state index is 0.0923. The zero-order chi connectivity index (χ0) is 15.5. The monoisotopic (exact) mass is 293 g/mol. The van der Waals surface area contributed by atoms with Crippen molar-refractivity contribution in [2.24, 2.45) is 5.92 Å². The number of ether oxygens (including phenoxy) is 2. The topological polar surface area (TPSA) is 47.6 Å². The molecular weight excluding hydrogens is 266 g/mol. The molecule has 1 rings (SSSR count). The SMILES string of the molecule is COc1ccc(CCC(=O)NCCCOCC(C)C)cc1. The van der Waals surface area contributed by atoms with Crippen LogP contribution in [0.25, 0.3) is 0 Å². The number of benzene rings is 1. The van der Waals surface area contributed by atoms with Crippen LogP contribution in [0.3, 0.4) is 0 Å². The van der Waals surface area contributed by atoms with Crippen LogP contribution in [0.1, 0.15) is 32.3 Å². The quantitative estimate of drug-likeness (QED) is 0.675. The van der Waals surface area contributed by atoms with Gasteiger partial charge in [0.05, 0.1) is 7.11 Å². The summed E-state index contributed by atoms with van der Waals surface area (Å²) in [5.41, 5.74) is 1.14. The fraction of sp³-hybridized carbons (Fsp3) is 0.588. The maximum Gasteiger partial charge on any atom is 0.220 e. The summed E-state index contributed by atoms with van der Waals surface area (Å²) in [5, 5.41) is 2.92. The summed E-state index contributed by atoms with van der Waals surface area (Å²) in [4.78, 5) is 11.7. The van der Waals surface area contributed by atoms with Gasteiger partial charge in [-0.15, -0.1) is 0 Å². The van der Waals surface area contributed by atoms with Crippen molar-refractivity contribution in [2.75, 3.05) is 26.9 Å². The zero-order valence-electron chi connectivity index (χ0n) is 13.4. The third kappa shape index (κ3) is 8.35. The van der Waals surface area contributed by atoms with Gasteiger partial charge >= 0.3 is 0 Å². The van der Waals surface area contributed by atoms with Gasteiger partial charge < -0.3 is 14.8 Å². The zero-order valence-corrected chi connectivity index (χ0v) is 13.4. The van der Waals surface area contributed by atoms with Crippen molar-refractivity contribution >= 4 is 5.91 Å². The Kier molecular flexibility index (Phi) is 8.51. The molecule has 0 aliphatic rings. The van der Waals surface area contributed by atoms with Crippen molar-refractivity contribution in [1.29, 1.82) is 0 Å². The molecule has 0 radical (unpaired) electrons. The van der Waals surface area contributed by atoms with Gasteiger partial charge in [-0.2, -0.15) is 0 Å². The van der Waals surface area contributed by atoms with Gasteiger partial charge in [0.2, 0.25) is 5.91 Å². The predicted molar refractivity (Wildman–Crippen MR) is 84.6 cm³/mol. The number of amides is 1. The second kappa shape index (κ2) is 10.2. The first kappa shape index (κ1) is 17.5. The highest BCUT2D eigenvalue weighted by Crippen LogP contribution is 2.12. The van der Waals surface area contributed by atoms with E-state index in [9.17, 15) is 4.79 Å². The van der Waals surface area contributed by atoms with Gasteiger partial charge in [0.1, 0.15) is 5.75 Å². The number of methoxy groups -OCH3 is 1. The average Bonchev–Trinajstić information content (AvgIpc) is 2.49. The Hall–Kier alpha value is -1.55. The Morgan fingerprint density at radius 1 is 1.24 bits per heavy atom. The Labute approximate surface area is 127 Å². The van der Waals surface area contributed by atoms with E-state index in [-0.39, 0.29) is 5.91 Å². The molecule has 1 N–H and O–H groups in total. The van der Waals surface area contributed by atoms with Crippen LogP contribution in [-0.4, -0.2) is 32.8 Å². The number of carbonyl (C=O) groups excluding carboxylic acids is 1. The van der Waals surface area contributed by atoms with Crippen molar-refractivity contribution in [3.63, 3.8) is 0 Å². The summed E-state index contributed by atoms with van der Waals surface area (Å²) in [6.45, 7) is 6.42. The van der Waals surface area contributed by atoms with E-state index >= 15 is 0 Å². The van der Waals surface area contributed by atoms with Crippen LogP contribution in [0.5, 0.6) is 5.75 Å². The van der Waals surface area contributed by atoms with Gasteiger partial charge in [0.15, 0.2) is 0 Å². The molecule has 1 amide bonds. The molecule has 4 heteroatoms. The Balaban J connectivity index is 2.08. The highest BCUT2D eigenvalue weighted by atomic mass is 16.5. The minimum atomic E-state index is 0.0923. The molecule has 118 valence electrons. The summed E-state index contributed by atoms with van der Waals surface area (Å²) in [6.07, 6.45) is 2.12. The van der Waals surface area contributed by atoms with E-state index in [1.165, 1.54) is 0 Å². The molecule has 0 unspecified atom stereocenters. The first-order chi connectivity index (χ1) is 10.1. The third-order valence-electron chi connectivity index (χ3n) is 3.04. The van der Waals surface area contributed by atoms with E-state index in [0.29, 0.717) is 25.5 Å². The molecule has 4 nitrogen and oxygen atoms in total. The summed E-state index contributed by atoms with van der Waals surface area (Å²) in [5.74, 6) is 1.49. The second-order valence-electron chi connectivity index (χ2n) is 5.52. The molecule has 1 aromatic carbocycles. The van der Waals surface area contributed by atoms with E-state index in [0.717, 1.165) is 30.8 Å². The minimum Gasteiger partial charge on any atom is -0.497 e. The maximum absolute atomic E-state index is 11.7. The number of rotatable bonds is 10. The average molecular weight is 293 g/mol. The summed E-state index contributed by atoms with van der Waals surface area (Å²) < 4.78 is 10.6. The molecule has 0 atom stereocenters. The lowest BCUT2D eigenvalue weighted by atomic mass is 10.1. The molecule has 0 spiro atoms. The molecule has 0 bridgehead atoms. The largest absolute Gasteiger partial charge is 0.497 e. The van der Waals surface area contributed by atoms with Crippen molar-refractivity contribution in [3.05, 3.63) is 29.8 Å². The van der Waals surface area contributed by atoms with Crippen LogP contribution in [0, 0.1) is 5.92 Å². The molecule has 0 fully saturated rings. The summed E-state index contributed by atoms with van der Waals surface area (Å²) in [6, 6.07) is 7.82. The van der Waals surface area contributed by atoms with Crippen molar-refractivity contribution in [1.82, 2.24) is 5.32 Å². The van der Waals surface area contributed by atoms with Gasteiger partial charge in [-0.1, -0.05) is 26.0 Å². The molecule has 0 saturated carbocycles. The van der Waals surface area contributed by atoms with Gasteiger partial charge in [-0.05, 0) is 36.5 Å². The van der Waals surface area contributed by atoms with Crippen LogP contribution in [-0.2, 0) is 16.0 Å². The van der Waals surface area contributed by atoms with Crippen LogP contribution >= 0.6 is 0 Å². The number of carbonyl (C=O) groups is 1.